The van der Waals surface area contributed by atoms with Crippen LogP contribution in [0.1, 0.15) is 16.7 Å². The molecule has 9 nitrogen and oxygen atoms in total. The number of carbonyl (C=O) groups is 1. The van der Waals surface area contributed by atoms with Crippen LogP contribution in [0.2, 0.25) is 0 Å². The highest BCUT2D eigenvalue weighted by molar-refractivity contribution is 5.92. The summed E-state index contributed by atoms with van der Waals surface area (Å²) >= 11 is 0. The van der Waals surface area contributed by atoms with Gasteiger partial charge in [-0.3, -0.25) is 4.79 Å². The minimum absolute atomic E-state index is 0.0309. The molecule has 2 aromatic carbocycles. The summed E-state index contributed by atoms with van der Waals surface area (Å²) in [6.45, 7) is 8.43. The maximum atomic E-state index is 11.9. The molecule has 39 heavy (non-hydrogen) atoms. The maximum Gasteiger partial charge on any atom is 0.246 e. The number of rotatable bonds is 6. The van der Waals surface area contributed by atoms with E-state index in [4.69, 9.17) is 0 Å². The molecule has 0 bridgehead atoms. The minimum atomic E-state index is -0.0309. The van der Waals surface area contributed by atoms with Gasteiger partial charge >= 0.3 is 0 Å². The molecule has 4 heterocycles. The standard InChI is InChI=1S/C30H30N8O/c1-4-29(39)38-11-9-37(10-12-38)28-16-24-26(17-31-28)32-18-33-30(24)35-23-7-6-22(20(2)13-23)14-21-5-8-27-25(15-21)34-19-36(27)3/h4-8,13,15-19H,1,9-12,14H2,2-3H3,(H,32,33,35). The van der Waals surface area contributed by atoms with Gasteiger partial charge < -0.3 is 19.7 Å². The average Bonchev–Trinajstić information content (AvgIpc) is 3.34. The van der Waals surface area contributed by atoms with Crippen molar-refractivity contribution in [2.45, 2.75) is 13.3 Å². The molecule has 5 aromatic rings. The van der Waals surface area contributed by atoms with Crippen molar-refractivity contribution in [2.24, 2.45) is 7.05 Å². The number of aromatic nitrogens is 5. The highest BCUT2D eigenvalue weighted by Gasteiger charge is 2.21. The predicted molar refractivity (Wildman–Crippen MR) is 154 cm³/mol. The maximum absolute atomic E-state index is 11.9. The molecule has 0 atom stereocenters. The summed E-state index contributed by atoms with van der Waals surface area (Å²) in [6.07, 6.45) is 7.40. The lowest BCUT2D eigenvalue weighted by molar-refractivity contribution is -0.126. The van der Waals surface area contributed by atoms with Crippen LogP contribution in [0.25, 0.3) is 21.9 Å². The molecule has 1 saturated heterocycles. The van der Waals surface area contributed by atoms with Gasteiger partial charge in [0, 0.05) is 44.3 Å². The summed E-state index contributed by atoms with van der Waals surface area (Å²) in [7, 11) is 2.01. The number of aryl methyl sites for hydroxylation is 2. The molecule has 6 rings (SSSR count). The largest absolute Gasteiger partial charge is 0.353 e. The lowest BCUT2D eigenvalue weighted by Crippen LogP contribution is -2.48. The summed E-state index contributed by atoms with van der Waals surface area (Å²) in [5, 5.41) is 4.39. The lowest BCUT2D eigenvalue weighted by Gasteiger charge is -2.35. The van der Waals surface area contributed by atoms with E-state index < -0.39 is 0 Å². The molecule has 3 aromatic heterocycles. The van der Waals surface area contributed by atoms with E-state index in [1.54, 1.807) is 12.5 Å². The second kappa shape index (κ2) is 10.2. The smallest absolute Gasteiger partial charge is 0.246 e. The normalized spacial score (nSPS) is 13.7. The molecule has 1 fully saturated rings. The molecule has 0 spiro atoms. The van der Waals surface area contributed by atoms with Gasteiger partial charge in [0.1, 0.15) is 18.0 Å². The van der Waals surface area contributed by atoms with E-state index in [1.165, 1.54) is 22.8 Å². The first kappa shape index (κ1) is 24.5. The number of benzene rings is 2. The van der Waals surface area contributed by atoms with Crippen LogP contribution in [0, 0.1) is 6.92 Å². The van der Waals surface area contributed by atoms with Crippen molar-refractivity contribution in [2.75, 3.05) is 36.4 Å². The van der Waals surface area contributed by atoms with Crippen LogP contribution in [-0.4, -0.2) is 61.5 Å². The first-order chi connectivity index (χ1) is 19.0. The van der Waals surface area contributed by atoms with Crippen LogP contribution < -0.4 is 10.2 Å². The fourth-order valence-corrected chi connectivity index (χ4v) is 5.13. The molecule has 0 saturated carbocycles. The molecule has 1 aliphatic heterocycles. The van der Waals surface area contributed by atoms with Crippen molar-refractivity contribution in [3.05, 3.63) is 90.7 Å². The van der Waals surface area contributed by atoms with Crippen LogP contribution in [0.4, 0.5) is 17.3 Å². The van der Waals surface area contributed by atoms with Gasteiger partial charge in [0.2, 0.25) is 5.91 Å². The Hall–Kier alpha value is -4.79. The Morgan fingerprint density at radius 1 is 1.00 bits per heavy atom. The van der Waals surface area contributed by atoms with Gasteiger partial charge in [0.25, 0.3) is 0 Å². The number of nitrogens with one attached hydrogen (secondary N) is 1. The van der Waals surface area contributed by atoms with Crippen LogP contribution in [-0.2, 0) is 18.3 Å². The molecule has 0 aliphatic carbocycles. The topological polar surface area (TPSA) is 92.1 Å². The Morgan fingerprint density at radius 3 is 2.64 bits per heavy atom. The number of hydrogen-bond donors (Lipinski definition) is 1. The molecule has 0 unspecified atom stereocenters. The SMILES string of the molecule is C=CC(=O)N1CCN(c2cc3c(Nc4ccc(Cc5ccc6c(c5)ncn6C)c(C)c4)ncnc3cn2)CC1. The summed E-state index contributed by atoms with van der Waals surface area (Å²) in [5.74, 6) is 1.55. The quantitative estimate of drug-likeness (QED) is 0.333. The average molecular weight is 519 g/mol. The highest BCUT2D eigenvalue weighted by atomic mass is 16.2. The van der Waals surface area contributed by atoms with Gasteiger partial charge in [-0.1, -0.05) is 18.7 Å². The third-order valence-corrected chi connectivity index (χ3v) is 7.39. The number of fused-ring (bicyclic) bond motifs is 2. The number of amides is 1. The first-order valence-corrected chi connectivity index (χ1v) is 13.0. The second-order valence-electron chi connectivity index (χ2n) is 9.92. The van der Waals surface area contributed by atoms with Crippen molar-refractivity contribution in [3.63, 3.8) is 0 Å². The zero-order chi connectivity index (χ0) is 26.9. The van der Waals surface area contributed by atoms with E-state index in [9.17, 15) is 4.79 Å². The van der Waals surface area contributed by atoms with Crippen LogP contribution >= 0.6 is 0 Å². The fourth-order valence-electron chi connectivity index (χ4n) is 5.13. The summed E-state index contributed by atoms with van der Waals surface area (Å²) in [6, 6.07) is 14.9. The van der Waals surface area contributed by atoms with E-state index in [-0.39, 0.29) is 5.91 Å². The van der Waals surface area contributed by atoms with Crippen molar-refractivity contribution >= 4 is 45.2 Å². The third kappa shape index (κ3) is 4.90. The van der Waals surface area contributed by atoms with Gasteiger partial charge in [0.05, 0.1) is 29.1 Å². The molecule has 0 radical (unpaired) electrons. The lowest BCUT2D eigenvalue weighted by atomic mass is 9.99. The molecule has 1 aliphatic rings. The van der Waals surface area contributed by atoms with Crippen LogP contribution in [0.15, 0.2) is 74.0 Å². The second-order valence-corrected chi connectivity index (χ2v) is 9.92. The number of piperazine rings is 1. The highest BCUT2D eigenvalue weighted by Crippen LogP contribution is 2.28. The first-order valence-electron chi connectivity index (χ1n) is 13.0. The van der Waals surface area contributed by atoms with Gasteiger partial charge in [-0.2, -0.15) is 0 Å². The Balaban J connectivity index is 1.20. The van der Waals surface area contributed by atoms with E-state index in [2.05, 4.69) is 80.1 Å². The number of nitrogens with zero attached hydrogens (tertiary/aromatic N) is 7. The van der Waals surface area contributed by atoms with Crippen molar-refractivity contribution < 1.29 is 4.79 Å². The predicted octanol–water partition coefficient (Wildman–Crippen LogP) is 4.39. The summed E-state index contributed by atoms with van der Waals surface area (Å²) in [4.78, 5) is 34.0. The van der Waals surface area contributed by atoms with E-state index in [0.29, 0.717) is 26.2 Å². The van der Waals surface area contributed by atoms with E-state index in [0.717, 1.165) is 45.7 Å². The fraction of sp³-hybridized carbons (Fsp3) is 0.233. The molecule has 1 N–H and O–H groups in total. The van der Waals surface area contributed by atoms with E-state index in [1.807, 2.05) is 28.9 Å². The third-order valence-electron chi connectivity index (χ3n) is 7.39. The molecule has 196 valence electrons. The van der Waals surface area contributed by atoms with Crippen molar-refractivity contribution in [1.82, 2.24) is 29.4 Å². The van der Waals surface area contributed by atoms with Crippen molar-refractivity contribution in [1.29, 1.82) is 0 Å². The van der Waals surface area contributed by atoms with Gasteiger partial charge in [0.15, 0.2) is 0 Å². The zero-order valence-electron chi connectivity index (χ0n) is 22.1. The number of hydrogen-bond acceptors (Lipinski definition) is 7. The number of carbonyl (C=O) groups excluding carboxylic acids is 1. The van der Waals surface area contributed by atoms with E-state index >= 15 is 0 Å². The van der Waals surface area contributed by atoms with Gasteiger partial charge in [-0.05, 0) is 66.4 Å². The number of imidazole rings is 1. The molecule has 1 amide bonds. The van der Waals surface area contributed by atoms with Crippen molar-refractivity contribution in [3.8, 4) is 0 Å². The van der Waals surface area contributed by atoms with Crippen LogP contribution in [0.3, 0.4) is 0 Å². The van der Waals surface area contributed by atoms with Crippen LogP contribution in [0.5, 0.6) is 0 Å². The molecule has 9 heteroatoms. The summed E-state index contributed by atoms with van der Waals surface area (Å²) < 4.78 is 2.03. The Kier molecular flexibility index (Phi) is 6.40. The number of anilines is 3. The monoisotopic (exact) mass is 518 g/mol. The minimum Gasteiger partial charge on any atom is -0.353 e. The van der Waals surface area contributed by atoms with Gasteiger partial charge in [-0.15, -0.1) is 0 Å². The molecular weight excluding hydrogens is 488 g/mol. The Morgan fingerprint density at radius 2 is 1.85 bits per heavy atom. The Labute approximate surface area is 226 Å². The van der Waals surface area contributed by atoms with Gasteiger partial charge in [-0.25, -0.2) is 19.9 Å². The molecular formula is C30H30N8O. The zero-order valence-corrected chi connectivity index (χ0v) is 22.1. The Bertz CT molecular complexity index is 1700. The summed E-state index contributed by atoms with van der Waals surface area (Å²) in [5.41, 5.74) is 7.60. The number of pyridine rings is 1.